The Bertz CT molecular complexity index is 1890. The lowest BCUT2D eigenvalue weighted by Crippen LogP contribution is -1.94. The molecular weight excluding hydrogens is 599 g/mol. The van der Waals surface area contributed by atoms with Gasteiger partial charge in [0.2, 0.25) is 11.8 Å². The van der Waals surface area contributed by atoms with Crippen LogP contribution in [-0.2, 0) is 0 Å². The van der Waals surface area contributed by atoms with Crippen molar-refractivity contribution in [2.24, 2.45) is 20.5 Å². The summed E-state index contributed by atoms with van der Waals surface area (Å²) in [6.45, 7) is 3.49. The second-order valence-electron chi connectivity index (χ2n) is 9.74. The molecule has 0 spiro atoms. The van der Waals surface area contributed by atoms with Gasteiger partial charge in [0.25, 0.3) is 0 Å². The average molecular weight is 624 g/mol. The number of para-hydroxylation sites is 2. The monoisotopic (exact) mass is 622 g/mol. The van der Waals surface area contributed by atoms with Crippen LogP contribution in [-0.4, -0.2) is 29.8 Å². The molecule has 0 bridgehead atoms. The zero-order valence-corrected chi connectivity index (χ0v) is 25.0. The molecule has 0 unspecified atom stereocenters. The van der Waals surface area contributed by atoms with Gasteiger partial charge in [-0.05, 0) is 73.5 Å². The van der Waals surface area contributed by atoms with Gasteiger partial charge in [-0.1, -0.05) is 71.7 Å². The second-order valence-corrected chi connectivity index (χ2v) is 10.6. The minimum atomic E-state index is -0.118. The lowest BCUT2D eigenvalue weighted by molar-refractivity contribution is 0.434. The Hall–Kier alpha value is -5.32. The molecule has 10 nitrogen and oxygen atoms in total. The van der Waals surface area contributed by atoms with Gasteiger partial charge in [0.15, 0.2) is 11.4 Å². The molecule has 0 atom stereocenters. The number of nitrogens with zero attached hydrogens (tertiary/aromatic N) is 8. The Morgan fingerprint density at radius 2 is 0.932 bits per heavy atom. The first kappa shape index (κ1) is 28.8. The van der Waals surface area contributed by atoms with Crippen molar-refractivity contribution in [3.8, 4) is 34.3 Å². The van der Waals surface area contributed by atoms with Crippen molar-refractivity contribution in [1.82, 2.24) is 19.6 Å². The summed E-state index contributed by atoms with van der Waals surface area (Å²) in [5, 5.41) is 47.8. The highest BCUT2D eigenvalue weighted by Crippen LogP contribution is 2.39. The topological polar surface area (TPSA) is 126 Å². The molecule has 2 heterocycles. The molecule has 0 radical (unpaired) electrons. The van der Waals surface area contributed by atoms with E-state index in [2.05, 4.69) is 30.7 Å². The quantitative estimate of drug-likeness (QED) is 0.172. The van der Waals surface area contributed by atoms with E-state index in [4.69, 9.17) is 23.2 Å². The third kappa shape index (κ3) is 5.68. The standard InChI is InChI=1S/C32H24Cl2N8O2/c1-19-29(31(43)41(39-19)23-9-5-3-6-10-23)37-35-27-15-13-21(17-25(27)33)22-14-16-28(26(34)18-22)36-38-30-20(2)40-42(32(30)44)24-11-7-4-8-12-24/h3-18,43-44H,1-2H3/b37-35+,38-36+. The summed E-state index contributed by atoms with van der Waals surface area (Å²) >= 11 is 13.1. The molecule has 0 aliphatic rings. The van der Waals surface area contributed by atoms with Crippen LogP contribution in [0.1, 0.15) is 11.4 Å². The Morgan fingerprint density at radius 3 is 1.30 bits per heavy atom. The molecule has 0 fully saturated rings. The van der Waals surface area contributed by atoms with Gasteiger partial charge in [-0.3, -0.25) is 0 Å². The molecule has 2 aromatic heterocycles. The highest BCUT2D eigenvalue weighted by Gasteiger charge is 2.17. The zero-order valence-electron chi connectivity index (χ0n) is 23.5. The first-order valence-corrected chi connectivity index (χ1v) is 14.2. The Balaban J connectivity index is 1.21. The number of aromatic nitrogens is 4. The number of azo groups is 2. The molecule has 6 rings (SSSR count). The highest BCUT2D eigenvalue weighted by molar-refractivity contribution is 6.34. The number of rotatable bonds is 7. The van der Waals surface area contributed by atoms with Crippen molar-refractivity contribution in [1.29, 1.82) is 0 Å². The Kier molecular flexibility index (Phi) is 7.93. The normalized spacial score (nSPS) is 11.6. The fourth-order valence-corrected chi connectivity index (χ4v) is 4.93. The largest absolute Gasteiger partial charge is 0.492 e. The van der Waals surface area contributed by atoms with Crippen LogP contribution in [0.15, 0.2) is 118 Å². The fraction of sp³-hybridized carbons (Fsp3) is 0.0625. The number of benzene rings is 4. The summed E-state index contributed by atoms with van der Waals surface area (Å²) in [5.41, 5.74) is 5.39. The molecule has 0 aliphatic carbocycles. The maximum Gasteiger partial charge on any atom is 0.243 e. The summed E-state index contributed by atoms with van der Waals surface area (Å²) in [6.07, 6.45) is 0. The number of halogens is 2. The maximum atomic E-state index is 10.7. The minimum absolute atomic E-state index is 0.118. The molecule has 0 saturated carbocycles. The molecule has 0 amide bonds. The molecule has 218 valence electrons. The van der Waals surface area contributed by atoms with Crippen molar-refractivity contribution in [3.05, 3.63) is 118 Å². The summed E-state index contributed by atoms with van der Waals surface area (Å²) in [4.78, 5) is 0. The Labute approximate surface area is 262 Å². The molecule has 4 aromatic carbocycles. The van der Waals surface area contributed by atoms with Crippen molar-refractivity contribution >= 4 is 46.0 Å². The molecule has 2 N–H and O–H groups in total. The summed E-state index contributed by atoms with van der Waals surface area (Å²) < 4.78 is 2.81. The third-order valence-corrected chi connectivity index (χ3v) is 7.36. The molecule has 6 aromatic rings. The van der Waals surface area contributed by atoms with Crippen molar-refractivity contribution in [2.75, 3.05) is 0 Å². The van der Waals surface area contributed by atoms with Crippen molar-refractivity contribution < 1.29 is 10.2 Å². The molecule has 0 aliphatic heterocycles. The SMILES string of the molecule is Cc1nn(-c2ccccc2)c(O)c1/N=N/c1ccc(-c2ccc(/N=N/c3c(C)nn(-c4ccccc4)c3O)c(Cl)c2)cc1Cl. The predicted octanol–water partition coefficient (Wildman–Crippen LogP) is 9.89. The smallest absolute Gasteiger partial charge is 0.243 e. The molecule has 44 heavy (non-hydrogen) atoms. The van der Waals surface area contributed by atoms with E-state index in [1.54, 1.807) is 38.1 Å². The molecule has 12 heteroatoms. The van der Waals surface area contributed by atoms with E-state index in [0.29, 0.717) is 44.2 Å². The van der Waals surface area contributed by atoms with E-state index in [1.165, 1.54) is 9.36 Å². The van der Waals surface area contributed by atoms with E-state index < -0.39 is 0 Å². The van der Waals surface area contributed by atoms with Crippen molar-refractivity contribution in [2.45, 2.75) is 13.8 Å². The summed E-state index contributed by atoms with van der Waals surface area (Å²) in [5.74, 6) is -0.236. The first-order valence-electron chi connectivity index (χ1n) is 13.4. The fourth-order valence-electron chi connectivity index (χ4n) is 4.49. The van der Waals surface area contributed by atoms with Crippen LogP contribution in [0, 0.1) is 13.8 Å². The van der Waals surface area contributed by atoms with Crippen LogP contribution in [0.4, 0.5) is 22.7 Å². The van der Waals surface area contributed by atoms with E-state index in [-0.39, 0.29) is 23.1 Å². The lowest BCUT2D eigenvalue weighted by atomic mass is 10.1. The predicted molar refractivity (Wildman–Crippen MR) is 170 cm³/mol. The van der Waals surface area contributed by atoms with Crippen molar-refractivity contribution in [3.63, 3.8) is 0 Å². The third-order valence-electron chi connectivity index (χ3n) is 6.76. The van der Waals surface area contributed by atoms with Crippen LogP contribution >= 0.6 is 23.2 Å². The van der Waals surface area contributed by atoms with Gasteiger partial charge < -0.3 is 10.2 Å². The van der Waals surface area contributed by atoms with Gasteiger partial charge >= 0.3 is 0 Å². The van der Waals surface area contributed by atoms with Crippen LogP contribution in [0.3, 0.4) is 0 Å². The average Bonchev–Trinajstić information content (AvgIpc) is 3.49. The van der Waals surface area contributed by atoms with E-state index in [9.17, 15) is 10.2 Å². The lowest BCUT2D eigenvalue weighted by Gasteiger charge is -2.06. The minimum Gasteiger partial charge on any atom is -0.492 e. The molecule has 0 saturated heterocycles. The van der Waals surface area contributed by atoms with Gasteiger partial charge in [0.1, 0.15) is 11.4 Å². The number of aryl methyl sites for hydroxylation is 2. The number of hydrogen-bond acceptors (Lipinski definition) is 8. The zero-order chi connectivity index (χ0) is 30.8. The maximum absolute atomic E-state index is 10.7. The van der Waals surface area contributed by atoms with Gasteiger partial charge in [0, 0.05) is 0 Å². The van der Waals surface area contributed by atoms with Gasteiger partial charge in [-0.15, -0.1) is 20.5 Å². The van der Waals surface area contributed by atoms with Crippen LogP contribution in [0.2, 0.25) is 10.0 Å². The van der Waals surface area contributed by atoms with Gasteiger partial charge in [0.05, 0.1) is 32.8 Å². The highest BCUT2D eigenvalue weighted by atomic mass is 35.5. The van der Waals surface area contributed by atoms with Gasteiger partial charge in [-0.2, -0.15) is 19.6 Å². The van der Waals surface area contributed by atoms with E-state index in [1.807, 2.05) is 72.8 Å². The van der Waals surface area contributed by atoms with E-state index in [0.717, 1.165) is 11.1 Å². The van der Waals surface area contributed by atoms with Gasteiger partial charge in [-0.25, -0.2) is 0 Å². The first-order chi connectivity index (χ1) is 21.3. The van der Waals surface area contributed by atoms with Crippen LogP contribution in [0.25, 0.3) is 22.5 Å². The Morgan fingerprint density at radius 1 is 0.545 bits per heavy atom. The number of aromatic hydroxyl groups is 2. The summed E-state index contributed by atoms with van der Waals surface area (Å²) in [6, 6.07) is 29.2. The number of hydrogen-bond donors (Lipinski definition) is 2. The van der Waals surface area contributed by atoms with E-state index >= 15 is 0 Å². The van der Waals surface area contributed by atoms with Crippen LogP contribution in [0.5, 0.6) is 11.8 Å². The van der Waals surface area contributed by atoms with Crippen LogP contribution < -0.4 is 0 Å². The molecular formula is C32H24Cl2N8O2. The second kappa shape index (κ2) is 12.1. The summed E-state index contributed by atoms with van der Waals surface area (Å²) in [7, 11) is 0.